The van der Waals surface area contributed by atoms with Crippen LogP contribution in [0.1, 0.15) is 23.7 Å². The minimum atomic E-state index is 0.553. The minimum Gasteiger partial charge on any atom is -0.361 e. The van der Waals surface area contributed by atoms with Gasteiger partial charge in [0.05, 0.1) is 0 Å². The molecule has 0 bridgehead atoms. The number of fused-ring (bicyclic) bond motifs is 1. The number of nitrogens with one attached hydrogen (secondary N) is 1. The molecule has 1 atom stereocenters. The second-order valence-corrected chi connectivity index (χ2v) is 3.71. The predicted molar refractivity (Wildman–Crippen MR) is 56.6 cm³/mol. The van der Waals surface area contributed by atoms with Crippen molar-refractivity contribution in [2.75, 3.05) is 0 Å². The summed E-state index contributed by atoms with van der Waals surface area (Å²) in [4.78, 5) is 3.29. The van der Waals surface area contributed by atoms with Gasteiger partial charge in [-0.25, -0.2) is 0 Å². The molecule has 0 aromatic carbocycles. The standard InChI is InChI=1S/C12H15N/c1-9-4-3-5-11-10(2)8-13-12(11)7-6-9/h3-4,6-9,13H,5H2,1-2H3/b4-3-,7-6+. The van der Waals surface area contributed by atoms with Crippen molar-refractivity contribution in [2.24, 2.45) is 5.92 Å². The molecule has 0 aliphatic heterocycles. The molecule has 1 nitrogen and oxygen atoms in total. The second-order valence-electron chi connectivity index (χ2n) is 3.71. The van der Waals surface area contributed by atoms with Crippen LogP contribution >= 0.6 is 0 Å². The van der Waals surface area contributed by atoms with Crippen LogP contribution in [0.3, 0.4) is 0 Å². The van der Waals surface area contributed by atoms with E-state index in [-0.39, 0.29) is 0 Å². The first-order chi connectivity index (χ1) is 6.27. The van der Waals surface area contributed by atoms with Crippen molar-refractivity contribution in [3.63, 3.8) is 0 Å². The monoisotopic (exact) mass is 173 g/mol. The molecule has 2 rings (SSSR count). The van der Waals surface area contributed by atoms with Crippen LogP contribution in [0.15, 0.2) is 24.4 Å². The van der Waals surface area contributed by atoms with Gasteiger partial charge in [0, 0.05) is 11.9 Å². The number of allylic oxidation sites excluding steroid dienone is 3. The topological polar surface area (TPSA) is 15.8 Å². The third-order valence-corrected chi connectivity index (χ3v) is 2.57. The van der Waals surface area contributed by atoms with Crippen LogP contribution in [-0.2, 0) is 6.42 Å². The van der Waals surface area contributed by atoms with Gasteiger partial charge in [-0.15, -0.1) is 0 Å². The van der Waals surface area contributed by atoms with Gasteiger partial charge < -0.3 is 4.98 Å². The fraction of sp³-hybridized carbons (Fsp3) is 0.333. The van der Waals surface area contributed by atoms with Crippen LogP contribution in [-0.4, -0.2) is 4.98 Å². The highest BCUT2D eigenvalue weighted by molar-refractivity contribution is 5.54. The zero-order valence-corrected chi connectivity index (χ0v) is 8.17. The van der Waals surface area contributed by atoms with Crippen LogP contribution in [0.4, 0.5) is 0 Å². The maximum atomic E-state index is 3.29. The minimum absolute atomic E-state index is 0.553. The first kappa shape index (κ1) is 8.36. The van der Waals surface area contributed by atoms with Crippen molar-refractivity contribution < 1.29 is 0 Å². The van der Waals surface area contributed by atoms with Gasteiger partial charge in [0.1, 0.15) is 0 Å². The summed E-state index contributed by atoms with van der Waals surface area (Å²) in [5.74, 6) is 0.553. The van der Waals surface area contributed by atoms with Crippen molar-refractivity contribution in [1.82, 2.24) is 4.98 Å². The number of aromatic amines is 1. The highest BCUT2D eigenvalue weighted by Gasteiger charge is 2.05. The lowest BCUT2D eigenvalue weighted by molar-refractivity contribution is 0.932. The maximum Gasteiger partial charge on any atom is 0.0415 e. The van der Waals surface area contributed by atoms with E-state index < -0.39 is 0 Å². The number of hydrogen-bond donors (Lipinski definition) is 1. The van der Waals surface area contributed by atoms with Gasteiger partial charge in [-0.2, -0.15) is 0 Å². The fourth-order valence-corrected chi connectivity index (χ4v) is 1.71. The van der Waals surface area contributed by atoms with Gasteiger partial charge in [0.25, 0.3) is 0 Å². The van der Waals surface area contributed by atoms with Gasteiger partial charge in [0.2, 0.25) is 0 Å². The lowest BCUT2D eigenvalue weighted by atomic mass is 10.0. The highest BCUT2D eigenvalue weighted by atomic mass is 14.7. The first-order valence-corrected chi connectivity index (χ1v) is 4.79. The van der Waals surface area contributed by atoms with E-state index in [0.717, 1.165) is 6.42 Å². The Kier molecular flexibility index (Phi) is 2.09. The summed E-state index contributed by atoms with van der Waals surface area (Å²) in [6.45, 7) is 4.36. The number of hydrogen-bond acceptors (Lipinski definition) is 0. The van der Waals surface area contributed by atoms with E-state index >= 15 is 0 Å². The third-order valence-electron chi connectivity index (χ3n) is 2.57. The van der Waals surface area contributed by atoms with Crippen LogP contribution < -0.4 is 0 Å². The third kappa shape index (κ3) is 1.59. The molecule has 0 spiro atoms. The predicted octanol–water partition coefficient (Wildman–Crippen LogP) is 3.08. The normalized spacial score (nSPS) is 25.8. The molecule has 13 heavy (non-hydrogen) atoms. The maximum absolute atomic E-state index is 3.29. The molecule has 68 valence electrons. The Morgan fingerprint density at radius 1 is 1.38 bits per heavy atom. The molecule has 1 unspecified atom stereocenters. The summed E-state index contributed by atoms with van der Waals surface area (Å²) in [5.41, 5.74) is 4.06. The SMILES string of the molecule is Cc1c[nH]c2c1C/C=C\C(C)/C=C/2. The van der Waals surface area contributed by atoms with E-state index in [4.69, 9.17) is 0 Å². The van der Waals surface area contributed by atoms with Crippen molar-refractivity contribution in [2.45, 2.75) is 20.3 Å². The molecule has 0 saturated heterocycles. The summed E-state index contributed by atoms with van der Waals surface area (Å²) < 4.78 is 0. The molecule has 1 aromatic rings. The molecule has 1 heteroatoms. The van der Waals surface area contributed by atoms with E-state index in [1.54, 1.807) is 0 Å². The summed E-state index contributed by atoms with van der Waals surface area (Å²) in [6.07, 6.45) is 12.1. The molecule has 0 amide bonds. The van der Waals surface area contributed by atoms with E-state index in [9.17, 15) is 0 Å². The Morgan fingerprint density at radius 3 is 3.08 bits per heavy atom. The molecule has 0 radical (unpaired) electrons. The van der Waals surface area contributed by atoms with Crippen LogP contribution in [0.2, 0.25) is 0 Å². The number of aryl methyl sites for hydroxylation is 1. The average Bonchev–Trinajstić information content (AvgIpc) is 2.41. The molecule has 1 aromatic heterocycles. The number of aromatic nitrogens is 1. The van der Waals surface area contributed by atoms with Crippen molar-refractivity contribution >= 4 is 6.08 Å². The van der Waals surface area contributed by atoms with Gasteiger partial charge >= 0.3 is 0 Å². The largest absolute Gasteiger partial charge is 0.361 e. The van der Waals surface area contributed by atoms with Crippen molar-refractivity contribution in [3.8, 4) is 0 Å². The molecule has 0 saturated carbocycles. The number of H-pyrrole nitrogens is 1. The highest BCUT2D eigenvalue weighted by Crippen LogP contribution is 2.19. The summed E-state index contributed by atoms with van der Waals surface area (Å²) in [5, 5.41) is 0. The average molecular weight is 173 g/mol. The molecule has 1 N–H and O–H groups in total. The summed E-state index contributed by atoms with van der Waals surface area (Å²) in [7, 11) is 0. The van der Waals surface area contributed by atoms with Crippen LogP contribution in [0, 0.1) is 12.8 Å². The van der Waals surface area contributed by atoms with E-state index in [1.165, 1.54) is 16.8 Å². The fourth-order valence-electron chi connectivity index (χ4n) is 1.71. The molecule has 1 aliphatic rings. The lowest BCUT2D eigenvalue weighted by Crippen LogP contribution is -1.91. The molecule has 0 fully saturated rings. The molecule has 1 heterocycles. The summed E-state index contributed by atoms with van der Waals surface area (Å²) >= 11 is 0. The van der Waals surface area contributed by atoms with E-state index in [0.29, 0.717) is 5.92 Å². The van der Waals surface area contributed by atoms with Gasteiger partial charge in [-0.05, 0) is 36.5 Å². The Labute approximate surface area is 79.2 Å². The summed E-state index contributed by atoms with van der Waals surface area (Å²) in [6, 6.07) is 0. The number of rotatable bonds is 0. The lowest BCUT2D eigenvalue weighted by Gasteiger charge is -2.04. The molecular weight excluding hydrogens is 158 g/mol. The van der Waals surface area contributed by atoms with Crippen molar-refractivity contribution in [1.29, 1.82) is 0 Å². The molecular formula is C12H15N. The van der Waals surface area contributed by atoms with Gasteiger partial charge in [0.15, 0.2) is 0 Å². The Balaban J connectivity index is 2.43. The zero-order chi connectivity index (χ0) is 9.26. The van der Waals surface area contributed by atoms with E-state index in [2.05, 4.69) is 49.3 Å². The van der Waals surface area contributed by atoms with Crippen molar-refractivity contribution in [3.05, 3.63) is 41.2 Å². The van der Waals surface area contributed by atoms with Crippen LogP contribution in [0.25, 0.3) is 6.08 Å². The first-order valence-electron chi connectivity index (χ1n) is 4.79. The van der Waals surface area contributed by atoms with Gasteiger partial charge in [-0.3, -0.25) is 0 Å². The van der Waals surface area contributed by atoms with Crippen LogP contribution in [0.5, 0.6) is 0 Å². The Morgan fingerprint density at radius 2 is 2.23 bits per heavy atom. The molecule has 1 aliphatic carbocycles. The van der Waals surface area contributed by atoms with E-state index in [1.807, 2.05) is 0 Å². The Bertz CT molecular complexity index is 355. The zero-order valence-electron chi connectivity index (χ0n) is 8.17. The Hall–Kier alpha value is -1.24. The second kappa shape index (κ2) is 3.25. The van der Waals surface area contributed by atoms with Gasteiger partial charge in [-0.1, -0.05) is 25.2 Å². The smallest absolute Gasteiger partial charge is 0.0415 e. The quantitative estimate of drug-likeness (QED) is 0.580.